The molecular formula is C18H18N6O. The lowest BCUT2D eigenvalue weighted by Gasteiger charge is -2.11. The number of nitrogens with zero attached hydrogens (tertiary/aromatic N) is 2. The van der Waals surface area contributed by atoms with Gasteiger partial charge in [-0.2, -0.15) is 0 Å². The molecule has 6 N–H and O–H groups in total. The molecule has 7 nitrogen and oxygen atoms in total. The summed E-state index contributed by atoms with van der Waals surface area (Å²) in [5, 5.41) is 6.29. The number of amides is 1. The summed E-state index contributed by atoms with van der Waals surface area (Å²) in [7, 11) is 0. The average Bonchev–Trinajstić information content (AvgIpc) is 2.62. The highest BCUT2D eigenvalue weighted by Gasteiger charge is 2.08. The molecule has 1 aromatic heterocycles. The molecule has 2 aromatic carbocycles. The van der Waals surface area contributed by atoms with Gasteiger partial charge in [0.05, 0.1) is 11.3 Å². The van der Waals surface area contributed by atoms with Crippen LogP contribution in [0.1, 0.15) is 15.9 Å². The molecule has 1 heterocycles. The Bertz CT molecular complexity index is 896. The molecule has 0 radical (unpaired) electrons. The van der Waals surface area contributed by atoms with E-state index in [4.69, 9.17) is 11.5 Å². The summed E-state index contributed by atoms with van der Waals surface area (Å²) >= 11 is 0. The number of anilines is 4. The number of hydrogen-bond donors (Lipinski definition) is 4. The molecule has 0 fully saturated rings. The molecule has 3 rings (SSSR count). The Hall–Kier alpha value is -3.45. The van der Waals surface area contributed by atoms with E-state index >= 15 is 0 Å². The molecule has 0 bridgehead atoms. The molecule has 126 valence electrons. The van der Waals surface area contributed by atoms with Crippen molar-refractivity contribution in [1.82, 2.24) is 9.97 Å². The molecule has 0 saturated carbocycles. The van der Waals surface area contributed by atoms with Gasteiger partial charge in [0.2, 0.25) is 0 Å². The van der Waals surface area contributed by atoms with Gasteiger partial charge in [0.1, 0.15) is 18.0 Å². The van der Waals surface area contributed by atoms with Gasteiger partial charge in [0, 0.05) is 18.3 Å². The van der Waals surface area contributed by atoms with Crippen molar-refractivity contribution in [1.29, 1.82) is 0 Å². The Kier molecular flexibility index (Phi) is 4.87. The molecule has 3 aromatic rings. The summed E-state index contributed by atoms with van der Waals surface area (Å²) < 4.78 is 0. The van der Waals surface area contributed by atoms with E-state index in [0.29, 0.717) is 29.4 Å². The van der Waals surface area contributed by atoms with Crippen LogP contribution >= 0.6 is 0 Å². The number of carbonyl (C=O) groups is 1. The smallest absolute Gasteiger partial charge is 0.250 e. The quantitative estimate of drug-likeness (QED) is 0.550. The van der Waals surface area contributed by atoms with Gasteiger partial charge in [-0.15, -0.1) is 0 Å². The first-order chi connectivity index (χ1) is 12.2. The van der Waals surface area contributed by atoms with Crippen molar-refractivity contribution in [3.63, 3.8) is 0 Å². The highest BCUT2D eigenvalue weighted by Crippen LogP contribution is 2.22. The average molecular weight is 334 g/mol. The first-order valence-corrected chi connectivity index (χ1v) is 7.69. The lowest BCUT2D eigenvalue weighted by Crippen LogP contribution is -2.13. The predicted molar refractivity (Wildman–Crippen MR) is 97.9 cm³/mol. The second kappa shape index (κ2) is 7.41. The number of para-hydroxylation sites is 1. The molecule has 0 saturated heterocycles. The van der Waals surface area contributed by atoms with Crippen LogP contribution in [0.3, 0.4) is 0 Å². The molecular weight excluding hydrogens is 316 g/mol. The minimum atomic E-state index is -0.505. The number of rotatable bonds is 6. The Morgan fingerprint density at radius 1 is 0.960 bits per heavy atom. The second-order valence-corrected chi connectivity index (χ2v) is 5.35. The maximum Gasteiger partial charge on any atom is 0.250 e. The summed E-state index contributed by atoms with van der Waals surface area (Å²) in [5.41, 5.74) is 13.9. The second-order valence-electron chi connectivity index (χ2n) is 5.35. The van der Waals surface area contributed by atoms with Crippen molar-refractivity contribution in [2.24, 2.45) is 11.5 Å². The number of hydrogen-bond acceptors (Lipinski definition) is 6. The molecule has 0 atom stereocenters. The van der Waals surface area contributed by atoms with Crippen molar-refractivity contribution in [3.05, 3.63) is 72.1 Å². The Morgan fingerprint density at radius 3 is 2.48 bits per heavy atom. The zero-order chi connectivity index (χ0) is 17.6. The van der Waals surface area contributed by atoms with E-state index in [2.05, 4.69) is 20.6 Å². The van der Waals surface area contributed by atoms with Crippen molar-refractivity contribution in [2.75, 3.05) is 10.6 Å². The van der Waals surface area contributed by atoms with Crippen molar-refractivity contribution < 1.29 is 4.79 Å². The Morgan fingerprint density at radius 2 is 1.72 bits per heavy atom. The Labute approximate surface area is 145 Å². The minimum absolute atomic E-state index is 0.395. The zero-order valence-corrected chi connectivity index (χ0v) is 13.4. The van der Waals surface area contributed by atoms with E-state index < -0.39 is 5.91 Å². The topological polar surface area (TPSA) is 119 Å². The van der Waals surface area contributed by atoms with Gasteiger partial charge >= 0.3 is 0 Å². The van der Waals surface area contributed by atoms with Crippen LogP contribution in [0, 0.1) is 0 Å². The maximum absolute atomic E-state index is 11.5. The highest BCUT2D eigenvalue weighted by molar-refractivity contribution is 5.99. The highest BCUT2D eigenvalue weighted by atomic mass is 16.1. The fourth-order valence-electron chi connectivity index (χ4n) is 2.36. The SMILES string of the molecule is NCc1cccc(Nc2cc(Nc3ccccc3C(N)=O)ncn2)c1. The van der Waals surface area contributed by atoms with Gasteiger partial charge in [0.25, 0.3) is 5.91 Å². The number of carbonyl (C=O) groups excluding carboxylic acids is 1. The van der Waals surface area contributed by atoms with Crippen LogP contribution in [0.15, 0.2) is 60.9 Å². The van der Waals surface area contributed by atoms with Crippen LogP contribution in [0.5, 0.6) is 0 Å². The number of primary amides is 1. The third-order valence-corrected chi connectivity index (χ3v) is 3.56. The molecule has 0 aliphatic carbocycles. The van der Waals surface area contributed by atoms with E-state index in [-0.39, 0.29) is 0 Å². The van der Waals surface area contributed by atoms with Gasteiger partial charge in [-0.1, -0.05) is 24.3 Å². The lowest BCUT2D eigenvalue weighted by molar-refractivity contribution is 0.100. The number of aromatic nitrogens is 2. The van der Waals surface area contributed by atoms with Crippen LogP contribution in [0.25, 0.3) is 0 Å². The van der Waals surface area contributed by atoms with Crippen LogP contribution in [0.4, 0.5) is 23.0 Å². The summed E-state index contributed by atoms with van der Waals surface area (Å²) in [4.78, 5) is 19.9. The van der Waals surface area contributed by atoms with Gasteiger partial charge in [-0.05, 0) is 29.8 Å². The Balaban J connectivity index is 1.81. The molecule has 7 heteroatoms. The van der Waals surface area contributed by atoms with E-state index in [1.807, 2.05) is 30.3 Å². The van der Waals surface area contributed by atoms with Crippen LogP contribution in [-0.2, 0) is 6.54 Å². The molecule has 0 spiro atoms. The zero-order valence-electron chi connectivity index (χ0n) is 13.4. The summed E-state index contributed by atoms with van der Waals surface area (Å²) in [6.45, 7) is 0.468. The fourth-order valence-corrected chi connectivity index (χ4v) is 2.36. The fraction of sp³-hybridized carbons (Fsp3) is 0.0556. The predicted octanol–water partition coefficient (Wildman–Crippen LogP) is 2.52. The molecule has 1 amide bonds. The normalized spacial score (nSPS) is 10.3. The minimum Gasteiger partial charge on any atom is -0.366 e. The van der Waals surface area contributed by atoms with Gasteiger partial charge < -0.3 is 22.1 Å². The first-order valence-electron chi connectivity index (χ1n) is 7.69. The maximum atomic E-state index is 11.5. The summed E-state index contributed by atoms with van der Waals surface area (Å²) in [6.07, 6.45) is 1.43. The van der Waals surface area contributed by atoms with Gasteiger partial charge in [0.15, 0.2) is 0 Å². The van der Waals surface area contributed by atoms with E-state index in [0.717, 1.165) is 11.3 Å². The van der Waals surface area contributed by atoms with Gasteiger partial charge in [-0.3, -0.25) is 4.79 Å². The molecule has 0 aliphatic rings. The largest absolute Gasteiger partial charge is 0.366 e. The van der Waals surface area contributed by atoms with Crippen LogP contribution in [-0.4, -0.2) is 15.9 Å². The van der Waals surface area contributed by atoms with Crippen LogP contribution < -0.4 is 22.1 Å². The third-order valence-electron chi connectivity index (χ3n) is 3.56. The summed E-state index contributed by atoms with van der Waals surface area (Å²) in [6, 6.07) is 16.5. The van der Waals surface area contributed by atoms with Crippen molar-refractivity contribution in [2.45, 2.75) is 6.54 Å². The van der Waals surface area contributed by atoms with E-state index in [1.54, 1.807) is 24.3 Å². The molecule has 0 unspecified atom stereocenters. The lowest BCUT2D eigenvalue weighted by atomic mass is 10.1. The van der Waals surface area contributed by atoms with E-state index in [1.165, 1.54) is 6.33 Å². The number of nitrogens with two attached hydrogens (primary N) is 2. The van der Waals surface area contributed by atoms with Crippen molar-refractivity contribution in [3.8, 4) is 0 Å². The van der Waals surface area contributed by atoms with Crippen LogP contribution in [0.2, 0.25) is 0 Å². The number of nitrogens with one attached hydrogen (secondary N) is 2. The molecule has 25 heavy (non-hydrogen) atoms. The first kappa shape index (κ1) is 16.4. The van der Waals surface area contributed by atoms with Crippen molar-refractivity contribution >= 4 is 28.9 Å². The van der Waals surface area contributed by atoms with E-state index in [9.17, 15) is 4.79 Å². The third kappa shape index (κ3) is 4.10. The standard InChI is InChI=1S/C18H18N6O/c19-10-12-4-3-5-13(8-12)23-16-9-17(22-11-21-16)24-15-7-2-1-6-14(15)18(20)25/h1-9,11H,10,19H2,(H2,20,25)(H2,21,22,23,24). The number of benzene rings is 2. The molecule has 0 aliphatic heterocycles. The monoisotopic (exact) mass is 334 g/mol. The van der Waals surface area contributed by atoms with Gasteiger partial charge in [-0.25, -0.2) is 9.97 Å². The summed E-state index contributed by atoms with van der Waals surface area (Å²) in [5.74, 6) is 0.651.